The molecule has 2 heterocycles. The van der Waals surface area contributed by atoms with Crippen molar-refractivity contribution in [3.8, 4) is 5.75 Å². The predicted octanol–water partition coefficient (Wildman–Crippen LogP) is 5.29. The maximum atomic E-state index is 13.0. The number of fused-ring (bicyclic) bond motifs is 1. The Morgan fingerprint density at radius 3 is 2.61 bits per heavy atom. The molecule has 28 heavy (non-hydrogen) atoms. The zero-order chi connectivity index (χ0) is 19.7. The fourth-order valence-corrected chi connectivity index (χ4v) is 3.78. The molecule has 0 unspecified atom stereocenters. The van der Waals surface area contributed by atoms with Crippen molar-refractivity contribution in [3.05, 3.63) is 71.4 Å². The quantitative estimate of drug-likeness (QED) is 0.653. The topological polar surface area (TPSA) is 45.3 Å². The Morgan fingerprint density at radius 1 is 1.14 bits per heavy atom. The number of carbonyl (C=O) groups is 1. The summed E-state index contributed by atoms with van der Waals surface area (Å²) in [6.45, 7) is 4.88. The summed E-state index contributed by atoms with van der Waals surface area (Å²) in [7, 11) is 0. The van der Waals surface area contributed by atoms with Crippen molar-refractivity contribution in [1.29, 1.82) is 0 Å². The van der Waals surface area contributed by atoms with E-state index in [2.05, 4.69) is 35.5 Å². The van der Waals surface area contributed by atoms with Crippen LogP contribution in [0, 0.1) is 0 Å². The van der Waals surface area contributed by atoms with Crippen LogP contribution in [0.15, 0.2) is 60.8 Å². The van der Waals surface area contributed by atoms with Gasteiger partial charge in [0.2, 0.25) is 0 Å². The number of nitrogens with one attached hydrogen (secondary N) is 1. The minimum absolute atomic E-state index is 0.0170. The van der Waals surface area contributed by atoms with Crippen molar-refractivity contribution in [1.82, 2.24) is 9.88 Å². The molecule has 1 aliphatic heterocycles. The molecule has 0 atom stereocenters. The fraction of sp³-hybridized carbons (Fsp3) is 0.261. The molecule has 0 saturated carbocycles. The summed E-state index contributed by atoms with van der Waals surface area (Å²) in [5.74, 6) is 0.617. The molecule has 0 aliphatic carbocycles. The van der Waals surface area contributed by atoms with Crippen LogP contribution in [0.1, 0.15) is 25.8 Å². The van der Waals surface area contributed by atoms with Gasteiger partial charge in [0.15, 0.2) is 5.60 Å². The molecule has 144 valence electrons. The number of hydrogen-bond donors (Lipinski definition) is 1. The number of nitrogens with zero attached hydrogens (tertiary/aromatic N) is 1. The average Bonchev–Trinajstić information content (AvgIpc) is 3.13. The number of halogens is 1. The van der Waals surface area contributed by atoms with Crippen LogP contribution in [0.4, 0.5) is 0 Å². The Bertz CT molecular complexity index is 1030. The largest absolute Gasteiger partial charge is 0.478 e. The third kappa shape index (κ3) is 3.65. The van der Waals surface area contributed by atoms with Crippen molar-refractivity contribution in [2.24, 2.45) is 0 Å². The molecule has 0 bridgehead atoms. The van der Waals surface area contributed by atoms with E-state index < -0.39 is 5.60 Å². The summed E-state index contributed by atoms with van der Waals surface area (Å²) >= 11 is 5.92. The molecule has 1 amide bonds. The SMILES string of the molecule is CC(C)(Oc1ccc(Cl)cc1)C(=O)N1CC=C(c2c[nH]c3ccccc23)CC1. The summed E-state index contributed by atoms with van der Waals surface area (Å²) in [4.78, 5) is 18.2. The van der Waals surface area contributed by atoms with E-state index in [4.69, 9.17) is 16.3 Å². The lowest BCUT2D eigenvalue weighted by Crippen LogP contribution is -2.50. The number of hydrogen-bond acceptors (Lipinski definition) is 2. The molecule has 5 heteroatoms. The Hall–Kier alpha value is -2.72. The van der Waals surface area contributed by atoms with E-state index in [1.54, 1.807) is 24.3 Å². The lowest BCUT2D eigenvalue weighted by Gasteiger charge is -2.34. The minimum atomic E-state index is -0.944. The van der Waals surface area contributed by atoms with Gasteiger partial charge in [0.25, 0.3) is 5.91 Å². The highest BCUT2D eigenvalue weighted by Crippen LogP contribution is 2.30. The second-order valence-electron chi connectivity index (χ2n) is 7.54. The van der Waals surface area contributed by atoms with Gasteiger partial charge in [-0.15, -0.1) is 0 Å². The number of aromatic amines is 1. The highest BCUT2D eigenvalue weighted by atomic mass is 35.5. The smallest absolute Gasteiger partial charge is 0.266 e. The monoisotopic (exact) mass is 394 g/mol. The van der Waals surface area contributed by atoms with Gasteiger partial charge in [-0.05, 0) is 56.2 Å². The van der Waals surface area contributed by atoms with Crippen LogP contribution in [0.25, 0.3) is 16.5 Å². The fourth-order valence-electron chi connectivity index (χ4n) is 3.66. The van der Waals surface area contributed by atoms with Crippen LogP contribution in [0.5, 0.6) is 5.75 Å². The standard InChI is InChI=1S/C23H23ClN2O2/c1-23(2,28-18-9-7-17(24)8-10-18)22(27)26-13-11-16(12-14-26)20-15-25-21-6-4-3-5-19(20)21/h3-11,15,25H,12-14H2,1-2H3. The van der Waals surface area contributed by atoms with Gasteiger partial charge in [-0.2, -0.15) is 0 Å². The molecule has 0 spiro atoms. The Balaban J connectivity index is 1.47. The third-order valence-corrected chi connectivity index (χ3v) is 5.39. The van der Waals surface area contributed by atoms with Gasteiger partial charge < -0.3 is 14.6 Å². The molecule has 0 saturated heterocycles. The highest BCUT2D eigenvalue weighted by Gasteiger charge is 2.35. The molecule has 3 aromatic rings. The summed E-state index contributed by atoms with van der Waals surface area (Å²) in [6.07, 6.45) is 5.03. The first-order valence-corrected chi connectivity index (χ1v) is 9.81. The van der Waals surface area contributed by atoms with Crippen molar-refractivity contribution >= 4 is 34.0 Å². The molecule has 1 aromatic heterocycles. The van der Waals surface area contributed by atoms with Gasteiger partial charge in [0, 0.05) is 40.8 Å². The van der Waals surface area contributed by atoms with Crippen molar-refractivity contribution in [2.75, 3.05) is 13.1 Å². The molecular weight excluding hydrogens is 372 g/mol. The number of benzene rings is 2. The van der Waals surface area contributed by atoms with E-state index in [0.717, 1.165) is 11.9 Å². The van der Waals surface area contributed by atoms with E-state index in [0.29, 0.717) is 23.9 Å². The van der Waals surface area contributed by atoms with Crippen molar-refractivity contribution < 1.29 is 9.53 Å². The molecule has 4 rings (SSSR count). The molecule has 0 radical (unpaired) electrons. The number of aromatic nitrogens is 1. The third-order valence-electron chi connectivity index (χ3n) is 5.13. The van der Waals surface area contributed by atoms with E-state index in [-0.39, 0.29) is 5.91 Å². The Labute approximate surface area is 169 Å². The molecule has 0 fully saturated rings. The molecule has 1 N–H and O–H groups in total. The number of H-pyrrole nitrogens is 1. The maximum absolute atomic E-state index is 13.0. The van der Waals surface area contributed by atoms with Crippen molar-refractivity contribution in [2.45, 2.75) is 25.9 Å². The van der Waals surface area contributed by atoms with Crippen molar-refractivity contribution in [3.63, 3.8) is 0 Å². The summed E-state index contributed by atoms with van der Waals surface area (Å²) in [5, 5.41) is 1.86. The lowest BCUT2D eigenvalue weighted by atomic mass is 9.97. The molecule has 1 aliphatic rings. The Morgan fingerprint density at radius 2 is 1.89 bits per heavy atom. The van der Waals surface area contributed by atoms with Gasteiger partial charge in [-0.1, -0.05) is 35.9 Å². The highest BCUT2D eigenvalue weighted by molar-refractivity contribution is 6.30. The molecule has 4 nitrogen and oxygen atoms in total. The number of carbonyl (C=O) groups excluding carboxylic acids is 1. The number of rotatable bonds is 4. The van der Waals surface area contributed by atoms with Crippen LogP contribution in [0.3, 0.4) is 0 Å². The van der Waals surface area contributed by atoms with E-state index in [1.165, 1.54) is 16.5 Å². The van der Waals surface area contributed by atoms with Gasteiger partial charge in [0.05, 0.1) is 0 Å². The zero-order valence-electron chi connectivity index (χ0n) is 16.0. The van der Waals surface area contributed by atoms with E-state index in [9.17, 15) is 4.79 Å². The zero-order valence-corrected chi connectivity index (χ0v) is 16.8. The first-order chi connectivity index (χ1) is 13.4. The number of amides is 1. The average molecular weight is 395 g/mol. The minimum Gasteiger partial charge on any atom is -0.478 e. The molecular formula is C23H23ClN2O2. The van der Waals surface area contributed by atoms with E-state index in [1.807, 2.05) is 24.8 Å². The van der Waals surface area contributed by atoms with E-state index >= 15 is 0 Å². The first kappa shape index (κ1) is 18.6. The van der Waals surface area contributed by atoms with Gasteiger partial charge >= 0.3 is 0 Å². The Kier molecular flexibility index (Phi) is 4.90. The second kappa shape index (κ2) is 7.36. The normalized spacial score (nSPS) is 14.8. The lowest BCUT2D eigenvalue weighted by molar-refractivity contribution is -0.145. The number of ether oxygens (including phenoxy) is 1. The van der Waals surface area contributed by atoms with Gasteiger partial charge in [0.1, 0.15) is 5.75 Å². The maximum Gasteiger partial charge on any atom is 0.266 e. The van der Waals surface area contributed by atoms with Crippen LogP contribution >= 0.6 is 11.6 Å². The van der Waals surface area contributed by atoms with Crippen LogP contribution < -0.4 is 4.74 Å². The second-order valence-corrected chi connectivity index (χ2v) is 7.98. The first-order valence-electron chi connectivity index (χ1n) is 9.43. The van der Waals surface area contributed by atoms with Crippen LogP contribution in [-0.4, -0.2) is 34.5 Å². The summed E-state index contributed by atoms with van der Waals surface area (Å²) < 4.78 is 5.95. The van der Waals surface area contributed by atoms with Crippen LogP contribution in [-0.2, 0) is 4.79 Å². The summed E-state index contributed by atoms with van der Waals surface area (Å²) in [6, 6.07) is 15.4. The predicted molar refractivity (Wildman–Crippen MR) is 114 cm³/mol. The van der Waals surface area contributed by atoms with Crippen LogP contribution in [0.2, 0.25) is 5.02 Å². The van der Waals surface area contributed by atoms with Gasteiger partial charge in [-0.25, -0.2) is 0 Å². The summed E-state index contributed by atoms with van der Waals surface area (Å²) in [5.41, 5.74) is 2.69. The van der Waals surface area contributed by atoms with Gasteiger partial charge in [-0.3, -0.25) is 4.79 Å². The molecule has 2 aromatic carbocycles. The number of para-hydroxylation sites is 1.